The minimum absolute atomic E-state index is 0.244. The molecule has 0 radical (unpaired) electrons. The lowest BCUT2D eigenvalue weighted by Crippen LogP contribution is -2.26. The summed E-state index contributed by atoms with van der Waals surface area (Å²) >= 11 is 0. The van der Waals surface area contributed by atoms with E-state index >= 15 is 0 Å². The zero-order valence-electron chi connectivity index (χ0n) is 40.4. The Hall–Kier alpha value is -9.18. The number of hydrogen-bond acceptors (Lipinski definition) is 2. The average Bonchev–Trinajstić information content (AvgIpc) is 4.23. The van der Waals surface area contributed by atoms with Gasteiger partial charge in [-0.3, -0.25) is 0 Å². The highest BCUT2D eigenvalue weighted by Crippen LogP contribution is 2.66. The van der Waals surface area contributed by atoms with E-state index in [2.05, 4.69) is 260 Å². The van der Waals surface area contributed by atoms with Crippen LogP contribution in [0.4, 0.5) is 17.1 Å². The first kappa shape index (κ1) is 40.5. The number of nitrogens with zero attached hydrogens (tertiary/aromatic N) is 2. The summed E-state index contributed by atoms with van der Waals surface area (Å²) in [5, 5.41) is 4.61. The Balaban J connectivity index is 0.874. The summed E-state index contributed by atoms with van der Waals surface area (Å²) in [4.78, 5) is 2.36. The third kappa shape index (κ3) is 5.33. The molecule has 2 aromatic heterocycles. The fraction of sp³-hybridized carbons (Fsp3) is 0.0571. The van der Waals surface area contributed by atoms with E-state index in [1.807, 2.05) is 6.07 Å². The predicted octanol–water partition coefficient (Wildman–Crippen LogP) is 18.5. The van der Waals surface area contributed by atoms with Gasteiger partial charge in [-0.05, 0) is 139 Å². The first-order valence-electron chi connectivity index (χ1n) is 25.5. The van der Waals surface area contributed by atoms with Gasteiger partial charge < -0.3 is 13.9 Å². The van der Waals surface area contributed by atoms with Crippen molar-refractivity contribution in [3.8, 4) is 50.2 Å². The summed E-state index contributed by atoms with van der Waals surface area (Å²) in [7, 11) is 0. The molecule has 0 amide bonds. The molecule has 0 fully saturated rings. The summed E-state index contributed by atoms with van der Waals surface area (Å²) in [5.74, 6) is 0. The second-order valence-corrected chi connectivity index (χ2v) is 20.7. The average molecular weight is 931 g/mol. The molecule has 3 heteroatoms. The van der Waals surface area contributed by atoms with Crippen molar-refractivity contribution in [2.45, 2.75) is 24.7 Å². The fourth-order valence-electron chi connectivity index (χ4n) is 13.7. The Labute approximate surface area is 423 Å². The van der Waals surface area contributed by atoms with Crippen LogP contribution in [0.25, 0.3) is 93.9 Å². The van der Waals surface area contributed by atoms with Gasteiger partial charge in [0, 0.05) is 44.0 Å². The van der Waals surface area contributed by atoms with Crippen LogP contribution < -0.4 is 4.90 Å². The van der Waals surface area contributed by atoms with Crippen LogP contribution in [0, 0.1) is 0 Å². The van der Waals surface area contributed by atoms with E-state index in [0.29, 0.717) is 0 Å². The minimum atomic E-state index is -0.386. The van der Waals surface area contributed by atoms with Crippen LogP contribution in [0.2, 0.25) is 0 Å². The fourth-order valence-corrected chi connectivity index (χ4v) is 13.7. The molecule has 16 rings (SSSR count). The Morgan fingerprint density at radius 2 is 0.945 bits per heavy atom. The maximum Gasteiger partial charge on any atom is 0.159 e. The monoisotopic (exact) mass is 930 g/mol. The van der Waals surface area contributed by atoms with Crippen molar-refractivity contribution >= 4 is 60.8 Å². The molecule has 73 heavy (non-hydrogen) atoms. The van der Waals surface area contributed by atoms with Crippen LogP contribution in [0.3, 0.4) is 0 Å². The van der Waals surface area contributed by atoms with Crippen LogP contribution in [0.15, 0.2) is 247 Å². The standard InChI is InChI=1S/C70H46N2O/c1-69(2)59-38-39-60-67(53-23-8-13-27-58(53)70(60)56-25-11-6-19-48(56)49-20-7-12-26-57(49)70)66(59)54-37-35-47(42-61(54)69)72-62-28-14-9-21-50(62)55-41-46(36-40-63(55)72)71(45-33-31-44(32-34-45)43-17-4-3-5-18-43)64-29-16-24-52-51-22-10-15-30-65(51)73-68(52)64/h3-42H,1-2H3. The molecule has 0 bridgehead atoms. The van der Waals surface area contributed by atoms with Gasteiger partial charge in [0.15, 0.2) is 5.58 Å². The van der Waals surface area contributed by atoms with Crippen LogP contribution in [-0.2, 0) is 10.8 Å². The second-order valence-electron chi connectivity index (χ2n) is 20.7. The second kappa shape index (κ2) is 14.7. The number of aromatic nitrogens is 1. The molecule has 0 N–H and O–H groups in total. The highest BCUT2D eigenvalue weighted by atomic mass is 16.3. The van der Waals surface area contributed by atoms with Crippen molar-refractivity contribution in [1.82, 2.24) is 4.57 Å². The van der Waals surface area contributed by atoms with Crippen molar-refractivity contribution in [1.29, 1.82) is 0 Å². The van der Waals surface area contributed by atoms with E-state index in [-0.39, 0.29) is 10.8 Å². The molecule has 2 heterocycles. The lowest BCUT2D eigenvalue weighted by Gasteiger charge is -2.31. The van der Waals surface area contributed by atoms with E-state index in [9.17, 15) is 0 Å². The number of fused-ring (bicyclic) bond motifs is 20. The van der Waals surface area contributed by atoms with Crippen LogP contribution >= 0.6 is 0 Å². The number of para-hydroxylation sites is 3. The lowest BCUT2D eigenvalue weighted by atomic mass is 9.70. The van der Waals surface area contributed by atoms with Gasteiger partial charge in [0.05, 0.1) is 22.1 Å². The van der Waals surface area contributed by atoms with Crippen LogP contribution in [0.1, 0.15) is 47.2 Å². The number of rotatable bonds is 5. The smallest absolute Gasteiger partial charge is 0.159 e. The summed E-state index contributed by atoms with van der Waals surface area (Å²) in [6.45, 7) is 4.85. The minimum Gasteiger partial charge on any atom is -0.454 e. The Morgan fingerprint density at radius 3 is 1.73 bits per heavy atom. The normalized spacial score (nSPS) is 14.1. The van der Waals surface area contributed by atoms with Gasteiger partial charge in [0.2, 0.25) is 0 Å². The van der Waals surface area contributed by atoms with E-state index in [1.54, 1.807) is 0 Å². The molecule has 0 saturated carbocycles. The van der Waals surface area contributed by atoms with Crippen molar-refractivity contribution in [2.24, 2.45) is 0 Å². The van der Waals surface area contributed by atoms with Gasteiger partial charge in [-0.1, -0.05) is 196 Å². The third-order valence-corrected chi connectivity index (χ3v) is 16.8. The highest BCUT2D eigenvalue weighted by Gasteiger charge is 2.53. The zero-order chi connectivity index (χ0) is 48.2. The molecule has 0 atom stereocenters. The largest absolute Gasteiger partial charge is 0.454 e. The number of furan rings is 1. The topological polar surface area (TPSA) is 21.3 Å². The molecular formula is C70H46N2O. The van der Waals surface area contributed by atoms with Gasteiger partial charge >= 0.3 is 0 Å². The quantitative estimate of drug-likeness (QED) is 0.171. The first-order chi connectivity index (χ1) is 36.0. The summed E-state index contributed by atoms with van der Waals surface area (Å²) in [5.41, 5.74) is 26.4. The van der Waals surface area contributed by atoms with Crippen molar-refractivity contribution in [2.75, 3.05) is 4.90 Å². The number of anilines is 3. The zero-order valence-corrected chi connectivity index (χ0v) is 40.4. The lowest BCUT2D eigenvalue weighted by molar-refractivity contribution is 0.659. The SMILES string of the molecule is CC1(C)c2cc(-n3c4ccccc4c4cc(N(c5ccc(-c6ccccc6)cc5)c5cccc6c5oc5ccccc56)ccc43)ccc2-c2c1ccc1c2-c2ccccc2C12c1ccccc1-c1ccccc12. The van der Waals surface area contributed by atoms with E-state index in [4.69, 9.17) is 4.42 Å². The molecular weight excluding hydrogens is 885 g/mol. The number of hydrogen-bond donors (Lipinski definition) is 0. The van der Waals surface area contributed by atoms with E-state index < -0.39 is 0 Å². The van der Waals surface area contributed by atoms with Gasteiger partial charge in [0.1, 0.15) is 5.58 Å². The molecule has 0 aliphatic heterocycles. The van der Waals surface area contributed by atoms with Gasteiger partial charge in [-0.15, -0.1) is 0 Å². The van der Waals surface area contributed by atoms with Gasteiger partial charge in [0.25, 0.3) is 0 Å². The van der Waals surface area contributed by atoms with E-state index in [1.165, 1.54) is 94.2 Å². The number of benzene rings is 11. The Bertz CT molecular complexity index is 4430. The summed E-state index contributed by atoms with van der Waals surface area (Å²) in [6, 6.07) is 89.9. The maximum atomic E-state index is 6.75. The Morgan fingerprint density at radius 1 is 0.370 bits per heavy atom. The first-order valence-corrected chi connectivity index (χ1v) is 25.5. The summed E-state index contributed by atoms with van der Waals surface area (Å²) < 4.78 is 9.23. The van der Waals surface area contributed by atoms with Crippen molar-refractivity contribution < 1.29 is 4.42 Å². The van der Waals surface area contributed by atoms with Crippen molar-refractivity contribution in [3.05, 3.63) is 276 Å². The molecule has 11 aromatic carbocycles. The summed E-state index contributed by atoms with van der Waals surface area (Å²) in [6.07, 6.45) is 0. The van der Waals surface area contributed by atoms with Crippen LogP contribution in [0.5, 0.6) is 0 Å². The van der Waals surface area contributed by atoms with Gasteiger partial charge in [-0.2, -0.15) is 0 Å². The molecule has 3 aliphatic rings. The van der Waals surface area contributed by atoms with Crippen molar-refractivity contribution in [3.63, 3.8) is 0 Å². The molecule has 13 aromatic rings. The molecule has 0 saturated heterocycles. The molecule has 342 valence electrons. The molecule has 3 aliphatic carbocycles. The van der Waals surface area contributed by atoms with E-state index in [0.717, 1.165) is 50.2 Å². The molecule has 3 nitrogen and oxygen atoms in total. The Kier molecular flexibility index (Phi) is 8.16. The molecule has 1 spiro atoms. The maximum absolute atomic E-state index is 6.75. The van der Waals surface area contributed by atoms with Crippen LogP contribution in [-0.4, -0.2) is 4.57 Å². The van der Waals surface area contributed by atoms with Gasteiger partial charge in [-0.25, -0.2) is 0 Å². The third-order valence-electron chi connectivity index (χ3n) is 16.8. The molecule has 0 unspecified atom stereocenters. The highest BCUT2D eigenvalue weighted by molar-refractivity contribution is 6.13. The predicted molar refractivity (Wildman–Crippen MR) is 302 cm³/mol.